The van der Waals surface area contributed by atoms with Gasteiger partial charge >= 0.3 is 5.97 Å². The third-order valence-corrected chi connectivity index (χ3v) is 2.53. The number of hydrogen-bond donors (Lipinski definition) is 2. The molecule has 0 bridgehead atoms. The van der Waals surface area contributed by atoms with Gasteiger partial charge in [0.05, 0.1) is 5.92 Å². The van der Waals surface area contributed by atoms with Gasteiger partial charge in [0, 0.05) is 0 Å². The summed E-state index contributed by atoms with van der Waals surface area (Å²) in [4.78, 5) is 10.7. The molecule has 1 unspecified atom stereocenters. The third kappa shape index (κ3) is 2.72. The zero-order valence-corrected chi connectivity index (χ0v) is 9.03. The molecule has 0 heterocycles. The lowest BCUT2D eigenvalue weighted by molar-refractivity contribution is -0.141. The number of benzene rings is 1. The number of hydrogen-bond acceptors (Lipinski definition) is 2. The lowest BCUT2D eigenvalue weighted by Gasteiger charge is -2.10. The summed E-state index contributed by atoms with van der Waals surface area (Å²) in [5.74, 6) is -1.06. The summed E-state index contributed by atoms with van der Waals surface area (Å²) in [7, 11) is 0. The molecule has 2 N–H and O–H groups in total. The van der Waals surface area contributed by atoms with Gasteiger partial charge in [0.2, 0.25) is 0 Å². The Bertz CT molecular complexity index is 358. The van der Waals surface area contributed by atoms with E-state index in [0.717, 1.165) is 12.0 Å². The Morgan fingerprint density at radius 2 is 2.00 bits per heavy atom. The van der Waals surface area contributed by atoms with Crippen molar-refractivity contribution in [2.75, 3.05) is 0 Å². The van der Waals surface area contributed by atoms with Crippen LogP contribution in [0.15, 0.2) is 18.2 Å². The fourth-order valence-corrected chi connectivity index (χ4v) is 1.51. The highest BCUT2D eigenvalue weighted by molar-refractivity contribution is 5.70. The number of aromatic hydroxyl groups is 1. The first-order valence-corrected chi connectivity index (χ1v) is 5.08. The highest BCUT2D eigenvalue weighted by Crippen LogP contribution is 2.25. The monoisotopic (exact) mass is 208 g/mol. The number of carboxylic acid groups (broad SMARTS) is 1. The van der Waals surface area contributed by atoms with Crippen LogP contribution in [0.2, 0.25) is 0 Å². The average molecular weight is 208 g/mol. The minimum atomic E-state index is -0.837. The number of aryl methyl sites for hydroxylation is 1. The standard InChI is InChI=1S/C12H16O3/c1-3-9-5-4-6-10(11(9)13)7-8(2)12(14)15/h4-6,8,13H,3,7H2,1-2H3,(H,14,15). The van der Waals surface area contributed by atoms with Crippen LogP contribution in [0.25, 0.3) is 0 Å². The summed E-state index contributed by atoms with van der Waals surface area (Å²) in [6.07, 6.45) is 1.12. The molecule has 0 aliphatic carbocycles. The number of aliphatic carboxylic acids is 1. The van der Waals surface area contributed by atoms with E-state index in [4.69, 9.17) is 5.11 Å². The number of carbonyl (C=O) groups is 1. The molecule has 3 nitrogen and oxygen atoms in total. The van der Waals surface area contributed by atoms with Crippen molar-refractivity contribution in [1.29, 1.82) is 0 Å². The molecule has 0 aliphatic rings. The molecule has 82 valence electrons. The first kappa shape index (κ1) is 11.6. The lowest BCUT2D eigenvalue weighted by Crippen LogP contribution is -2.12. The second kappa shape index (κ2) is 4.82. The zero-order chi connectivity index (χ0) is 11.4. The quantitative estimate of drug-likeness (QED) is 0.797. The topological polar surface area (TPSA) is 57.5 Å². The summed E-state index contributed by atoms with van der Waals surface area (Å²) < 4.78 is 0. The average Bonchev–Trinajstić information content (AvgIpc) is 2.21. The summed E-state index contributed by atoms with van der Waals surface area (Å²) >= 11 is 0. The van der Waals surface area contributed by atoms with E-state index < -0.39 is 11.9 Å². The largest absolute Gasteiger partial charge is 0.507 e. The molecule has 0 aliphatic heterocycles. The molecule has 0 aromatic heterocycles. The minimum Gasteiger partial charge on any atom is -0.507 e. The van der Waals surface area contributed by atoms with Crippen molar-refractivity contribution in [2.24, 2.45) is 5.92 Å². The number of carboxylic acids is 1. The maximum atomic E-state index is 10.7. The van der Waals surface area contributed by atoms with Gasteiger partial charge in [-0.05, 0) is 24.0 Å². The highest BCUT2D eigenvalue weighted by atomic mass is 16.4. The van der Waals surface area contributed by atoms with Gasteiger partial charge in [-0.25, -0.2) is 0 Å². The molecule has 0 saturated carbocycles. The maximum Gasteiger partial charge on any atom is 0.306 e. The van der Waals surface area contributed by atoms with Gasteiger partial charge in [-0.1, -0.05) is 32.0 Å². The van der Waals surface area contributed by atoms with Crippen LogP contribution in [0.5, 0.6) is 5.75 Å². The number of phenols is 1. The molecule has 15 heavy (non-hydrogen) atoms. The van der Waals surface area contributed by atoms with Gasteiger partial charge in [-0.2, -0.15) is 0 Å². The van der Waals surface area contributed by atoms with Crippen LogP contribution in [0, 0.1) is 5.92 Å². The van der Waals surface area contributed by atoms with Gasteiger partial charge in [0.25, 0.3) is 0 Å². The Kier molecular flexibility index (Phi) is 3.72. The van der Waals surface area contributed by atoms with Gasteiger partial charge in [0.15, 0.2) is 0 Å². The Hall–Kier alpha value is -1.51. The number of para-hydroxylation sites is 1. The summed E-state index contributed by atoms with van der Waals surface area (Å²) in [6.45, 7) is 3.60. The Morgan fingerprint density at radius 1 is 1.40 bits per heavy atom. The molecule has 0 saturated heterocycles. The van der Waals surface area contributed by atoms with Gasteiger partial charge in [-0.3, -0.25) is 4.79 Å². The molecule has 1 rings (SSSR count). The highest BCUT2D eigenvalue weighted by Gasteiger charge is 2.14. The van der Waals surface area contributed by atoms with Crippen molar-refractivity contribution < 1.29 is 15.0 Å². The van der Waals surface area contributed by atoms with Crippen molar-refractivity contribution in [2.45, 2.75) is 26.7 Å². The van der Waals surface area contributed by atoms with Crippen molar-refractivity contribution in [3.8, 4) is 5.75 Å². The van der Waals surface area contributed by atoms with E-state index in [0.29, 0.717) is 12.0 Å². The number of rotatable bonds is 4. The van der Waals surface area contributed by atoms with Crippen molar-refractivity contribution in [1.82, 2.24) is 0 Å². The molecule has 0 fully saturated rings. The molecule has 3 heteroatoms. The van der Waals surface area contributed by atoms with Crippen LogP contribution < -0.4 is 0 Å². The maximum absolute atomic E-state index is 10.7. The van der Waals surface area contributed by atoms with Gasteiger partial charge < -0.3 is 10.2 Å². The van der Waals surface area contributed by atoms with Crippen molar-refractivity contribution in [3.63, 3.8) is 0 Å². The second-order valence-electron chi connectivity index (χ2n) is 3.72. The summed E-state index contributed by atoms with van der Waals surface area (Å²) in [6, 6.07) is 5.47. The van der Waals surface area contributed by atoms with Crippen LogP contribution in [0.1, 0.15) is 25.0 Å². The smallest absolute Gasteiger partial charge is 0.306 e. The van der Waals surface area contributed by atoms with E-state index in [9.17, 15) is 9.90 Å². The molecular weight excluding hydrogens is 192 g/mol. The minimum absolute atomic E-state index is 0.244. The predicted molar refractivity (Wildman–Crippen MR) is 58.0 cm³/mol. The van der Waals surface area contributed by atoms with E-state index in [1.807, 2.05) is 19.1 Å². The Labute approximate surface area is 89.4 Å². The Balaban J connectivity index is 2.90. The SMILES string of the molecule is CCc1cccc(CC(C)C(=O)O)c1O. The van der Waals surface area contributed by atoms with E-state index in [1.165, 1.54) is 0 Å². The van der Waals surface area contributed by atoms with E-state index in [-0.39, 0.29) is 5.75 Å². The fourth-order valence-electron chi connectivity index (χ4n) is 1.51. The van der Waals surface area contributed by atoms with E-state index in [1.54, 1.807) is 13.0 Å². The van der Waals surface area contributed by atoms with Gasteiger partial charge in [-0.15, -0.1) is 0 Å². The lowest BCUT2D eigenvalue weighted by atomic mass is 9.98. The van der Waals surface area contributed by atoms with Crippen LogP contribution in [-0.2, 0) is 17.6 Å². The van der Waals surface area contributed by atoms with Crippen LogP contribution in [0.3, 0.4) is 0 Å². The molecular formula is C12H16O3. The fraction of sp³-hybridized carbons (Fsp3) is 0.417. The third-order valence-electron chi connectivity index (χ3n) is 2.53. The predicted octanol–water partition coefficient (Wildman–Crippen LogP) is 2.22. The molecule has 1 aromatic carbocycles. The first-order valence-electron chi connectivity index (χ1n) is 5.08. The molecule has 0 amide bonds. The Morgan fingerprint density at radius 3 is 2.53 bits per heavy atom. The normalized spacial score (nSPS) is 12.4. The van der Waals surface area contributed by atoms with E-state index in [2.05, 4.69) is 0 Å². The first-order chi connectivity index (χ1) is 7.06. The summed E-state index contributed by atoms with van der Waals surface area (Å²) in [5, 5.41) is 18.6. The van der Waals surface area contributed by atoms with Crippen LogP contribution in [-0.4, -0.2) is 16.2 Å². The molecule has 0 radical (unpaired) electrons. The van der Waals surface area contributed by atoms with Gasteiger partial charge in [0.1, 0.15) is 5.75 Å². The van der Waals surface area contributed by atoms with Crippen LogP contribution in [0.4, 0.5) is 0 Å². The molecule has 1 aromatic rings. The zero-order valence-electron chi connectivity index (χ0n) is 9.03. The van der Waals surface area contributed by atoms with Crippen LogP contribution >= 0.6 is 0 Å². The number of phenolic OH excluding ortho intramolecular Hbond substituents is 1. The van der Waals surface area contributed by atoms with E-state index >= 15 is 0 Å². The second-order valence-corrected chi connectivity index (χ2v) is 3.72. The molecule has 1 atom stereocenters. The molecule has 0 spiro atoms. The van der Waals surface area contributed by atoms with Crippen molar-refractivity contribution in [3.05, 3.63) is 29.3 Å². The summed E-state index contributed by atoms with van der Waals surface area (Å²) in [5.41, 5.74) is 1.58. The van der Waals surface area contributed by atoms with Crippen molar-refractivity contribution >= 4 is 5.97 Å².